The van der Waals surface area contributed by atoms with Crippen molar-refractivity contribution in [3.8, 4) is 17.7 Å². The van der Waals surface area contributed by atoms with Crippen molar-refractivity contribution in [1.29, 1.82) is 5.26 Å². The molecule has 1 unspecified atom stereocenters. The Morgan fingerprint density at radius 3 is 3.00 bits per heavy atom. The van der Waals surface area contributed by atoms with E-state index in [2.05, 4.69) is 21.2 Å². The molecule has 0 aliphatic carbocycles. The van der Waals surface area contributed by atoms with Gasteiger partial charge >= 0.3 is 6.36 Å². The van der Waals surface area contributed by atoms with Crippen LogP contribution in [0.3, 0.4) is 0 Å². The summed E-state index contributed by atoms with van der Waals surface area (Å²) in [7, 11) is 0. The Balaban J connectivity index is 1.37. The molecule has 2 aliphatic rings. The number of halogens is 3. The molecule has 30 heavy (non-hydrogen) atoms. The molecule has 1 aromatic carbocycles. The number of carbonyl (C=O) groups is 1. The summed E-state index contributed by atoms with van der Waals surface area (Å²) in [5.74, 6) is 0.445. The van der Waals surface area contributed by atoms with Crippen molar-refractivity contribution in [3.63, 3.8) is 0 Å². The average Bonchev–Trinajstić information content (AvgIpc) is 3.15. The van der Waals surface area contributed by atoms with Crippen LogP contribution in [0, 0.1) is 11.3 Å². The predicted octanol–water partition coefficient (Wildman–Crippen LogP) is 2.18. The van der Waals surface area contributed by atoms with Crippen LogP contribution >= 0.6 is 0 Å². The molecule has 2 atom stereocenters. The standard InChI is InChI=1S/C19H17F3N4O4/c20-19(21,22)29-10-14-3-4-26-17(30-14)7-15(25-26)18(27)24-13-6-12-5-11(8-23)1-2-16(12)28-9-13/h1-2,5,7,13-14H,3-4,6,9-10H2,(H,24,27)/t13-,14?/m1/s1. The number of fused-ring (bicyclic) bond motifs is 2. The van der Waals surface area contributed by atoms with E-state index < -0.39 is 25.0 Å². The molecule has 4 rings (SSSR count). The Kier molecular flexibility index (Phi) is 5.26. The van der Waals surface area contributed by atoms with Gasteiger partial charge in [-0.1, -0.05) is 0 Å². The van der Waals surface area contributed by atoms with Crippen LogP contribution in [-0.4, -0.2) is 47.4 Å². The Morgan fingerprint density at radius 2 is 2.23 bits per heavy atom. The SMILES string of the molecule is N#Cc1ccc2c(c1)C[C@@H](NC(=O)c1cc3n(n1)CCC(COC(F)(F)F)O3)CO2. The summed E-state index contributed by atoms with van der Waals surface area (Å²) in [5, 5.41) is 16.0. The highest BCUT2D eigenvalue weighted by molar-refractivity contribution is 5.92. The molecule has 0 bridgehead atoms. The minimum absolute atomic E-state index is 0.0963. The van der Waals surface area contributed by atoms with Gasteiger partial charge in [0.1, 0.15) is 18.5 Å². The highest BCUT2D eigenvalue weighted by atomic mass is 19.4. The third-order valence-corrected chi connectivity index (χ3v) is 4.79. The molecule has 0 fully saturated rings. The van der Waals surface area contributed by atoms with Crippen molar-refractivity contribution < 1.29 is 32.2 Å². The summed E-state index contributed by atoms with van der Waals surface area (Å²) in [5.41, 5.74) is 1.43. The van der Waals surface area contributed by atoms with Crippen LogP contribution in [0.25, 0.3) is 0 Å². The van der Waals surface area contributed by atoms with E-state index in [4.69, 9.17) is 14.7 Å². The lowest BCUT2D eigenvalue weighted by Gasteiger charge is -2.25. The highest BCUT2D eigenvalue weighted by Gasteiger charge is 2.33. The van der Waals surface area contributed by atoms with Gasteiger partial charge < -0.3 is 14.8 Å². The van der Waals surface area contributed by atoms with Crippen LogP contribution < -0.4 is 14.8 Å². The quantitative estimate of drug-likeness (QED) is 0.811. The van der Waals surface area contributed by atoms with Crippen molar-refractivity contribution in [2.45, 2.75) is 37.9 Å². The molecule has 1 aromatic heterocycles. The van der Waals surface area contributed by atoms with Crippen LogP contribution in [0.1, 0.15) is 28.0 Å². The summed E-state index contributed by atoms with van der Waals surface area (Å²) >= 11 is 0. The fourth-order valence-electron chi connectivity index (χ4n) is 3.38. The molecule has 0 spiro atoms. The van der Waals surface area contributed by atoms with Gasteiger partial charge in [0, 0.05) is 19.0 Å². The van der Waals surface area contributed by atoms with Gasteiger partial charge in [-0.2, -0.15) is 10.4 Å². The third kappa shape index (κ3) is 4.49. The van der Waals surface area contributed by atoms with Gasteiger partial charge in [-0.15, -0.1) is 13.2 Å². The van der Waals surface area contributed by atoms with Crippen LogP contribution in [0.5, 0.6) is 11.6 Å². The number of alkyl halides is 3. The van der Waals surface area contributed by atoms with E-state index in [0.717, 1.165) is 5.56 Å². The summed E-state index contributed by atoms with van der Waals surface area (Å²) in [6, 6.07) is 8.26. The molecule has 1 N–H and O–H groups in total. The maximum Gasteiger partial charge on any atom is 0.522 e. The Labute approximate surface area is 169 Å². The van der Waals surface area contributed by atoms with Crippen molar-refractivity contribution >= 4 is 5.91 Å². The lowest BCUT2D eigenvalue weighted by atomic mass is 10.0. The number of amides is 1. The highest BCUT2D eigenvalue weighted by Crippen LogP contribution is 2.27. The number of hydrogen-bond donors (Lipinski definition) is 1. The van der Waals surface area contributed by atoms with E-state index in [0.29, 0.717) is 24.3 Å². The number of nitriles is 1. The van der Waals surface area contributed by atoms with Gasteiger partial charge in [0.2, 0.25) is 5.88 Å². The van der Waals surface area contributed by atoms with E-state index in [1.54, 1.807) is 18.2 Å². The molecule has 1 amide bonds. The van der Waals surface area contributed by atoms with Crippen molar-refractivity contribution in [2.75, 3.05) is 13.2 Å². The smallest absolute Gasteiger partial charge is 0.491 e. The first kappa shape index (κ1) is 20.0. The Morgan fingerprint density at radius 1 is 1.40 bits per heavy atom. The zero-order chi connectivity index (χ0) is 21.3. The van der Waals surface area contributed by atoms with Gasteiger partial charge in [-0.25, -0.2) is 4.68 Å². The van der Waals surface area contributed by atoms with Crippen molar-refractivity contribution in [1.82, 2.24) is 15.1 Å². The fourth-order valence-corrected chi connectivity index (χ4v) is 3.38. The third-order valence-electron chi connectivity index (χ3n) is 4.79. The summed E-state index contributed by atoms with van der Waals surface area (Å²) in [4.78, 5) is 12.6. The molecule has 158 valence electrons. The first-order valence-electron chi connectivity index (χ1n) is 9.22. The van der Waals surface area contributed by atoms with Crippen molar-refractivity contribution in [2.24, 2.45) is 0 Å². The fraction of sp³-hybridized carbons (Fsp3) is 0.421. The maximum absolute atomic E-state index is 12.6. The molecule has 2 aliphatic heterocycles. The molecule has 0 saturated carbocycles. The molecule has 2 aromatic rings. The zero-order valence-electron chi connectivity index (χ0n) is 15.6. The first-order chi connectivity index (χ1) is 14.3. The normalized spacial score (nSPS) is 20.2. The number of nitrogens with one attached hydrogen (secondary N) is 1. The second-order valence-corrected chi connectivity index (χ2v) is 7.00. The van der Waals surface area contributed by atoms with E-state index in [1.165, 1.54) is 10.7 Å². The molecule has 3 heterocycles. The van der Waals surface area contributed by atoms with Gasteiger partial charge in [-0.3, -0.25) is 9.53 Å². The van der Waals surface area contributed by atoms with Crippen LogP contribution in [-0.2, 0) is 17.7 Å². The average molecular weight is 422 g/mol. The van der Waals surface area contributed by atoms with Crippen molar-refractivity contribution in [3.05, 3.63) is 41.1 Å². The number of aromatic nitrogens is 2. The molecular weight excluding hydrogens is 405 g/mol. The number of hydrogen-bond acceptors (Lipinski definition) is 6. The summed E-state index contributed by atoms with van der Waals surface area (Å²) in [6.45, 7) is -0.0450. The van der Waals surface area contributed by atoms with Crippen LogP contribution in [0.4, 0.5) is 13.2 Å². The van der Waals surface area contributed by atoms with E-state index in [-0.39, 0.29) is 30.6 Å². The number of nitrogens with zero attached hydrogens (tertiary/aromatic N) is 3. The van der Waals surface area contributed by atoms with Gasteiger partial charge in [-0.05, 0) is 30.2 Å². The maximum atomic E-state index is 12.6. The first-order valence-corrected chi connectivity index (χ1v) is 9.22. The van der Waals surface area contributed by atoms with Gasteiger partial charge in [0.05, 0.1) is 24.3 Å². The van der Waals surface area contributed by atoms with E-state index in [9.17, 15) is 18.0 Å². The van der Waals surface area contributed by atoms with Gasteiger partial charge in [0.25, 0.3) is 5.91 Å². The van der Waals surface area contributed by atoms with Gasteiger partial charge in [0.15, 0.2) is 5.69 Å². The van der Waals surface area contributed by atoms with Crippen LogP contribution in [0.2, 0.25) is 0 Å². The second-order valence-electron chi connectivity index (χ2n) is 7.00. The Bertz CT molecular complexity index is 999. The lowest BCUT2D eigenvalue weighted by molar-refractivity contribution is -0.330. The molecule has 0 radical (unpaired) electrons. The zero-order valence-corrected chi connectivity index (χ0v) is 15.6. The summed E-state index contributed by atoms with van der Waals surface area (Å²) < 4.78 is 53.0. The number of benzene rings is 1. The lowest BCUT2D eigenvalue weighted by Crippen LogP contribution is -2.42. The predicted molar refractivity (Wildman–Crippen MR) is 94.9 cm³/mol. The van der Waals surface area contributed by atoms with E-state index in [1.807, 2.05) is 0 Å². The molecule has 0 saturated heterocycles. The minimum atomic E-state index is -4.72. The topological polar surface area (TPSA) is 98.4 Å². The number of aryl methyl sites for hydroxylation is 1. The molecule has 11 heteroatoms. The molecular formula is C19H17F3N4O4. The summed E-state index contributed by atoms with van der Waals surface area (Å²) in [6.07, 6.45) is -4.72. The van der Waals surface area contributed by atoms with Crippen LogP contribution in [0.15, 0.2) is 24.3 Å². The number of ether oxygens (including phenoxy) is 3. The number of carbonyl (C=O) groups excluding carboxylic acids is 1. The largest absolute Gasteiger partial charge is 0.522 e. The minimum Gasteiger partial charge on any atom is -0.491 e. The monoisotopic (exact) mass is 422 g/mol. The number of rotatable bonds is 4. The van der Waals surface area contributed by atoms with E-state index >= 15 is 0 Å². The second kappa shape index (κ2) is 7.87. The molecule has 8 nitrogen and oxygen atoms in total. The Hall–Kier alpha value is -3.26.